The summed E-state index contributed by atoms with van der Waals surface area (Å²) in [6, 6.07) is 4.28. The van der Waals surface area contributed by atoms with Gasteiger partial charge in [0.1, 0.15) is 22.4 Å². The first-order valence-corrected chi connectivity index (χ1v) is 12.3. The van der Waals surface area contributed by atoms with Crippen LogP contribution in [0.1, 0.15) is 45.1 Å². The van der Waals surface area contributed by atoms with Gasteiger partial charge in [0.25, 0.3) is 0 Å². The van der Waals surface area contributed by atoms with E-state index in [1.165, 1.54) is 10.4 Å². The van der Waals surface area contributed by atoms with Gasteiger partial charge in [-0.15, -0.1) is 0 Å². The van der Waals surface area contributed by atoms with Crippen molar-refractivity contribution in [3.63, 3.8) is 0 Å². The SMILES string of the molecule is C[C@H](CO)N1C[C@H](C)[C@H](CN(C)C)Oc2cc(C#CC3(O)CCCC3)ccc2S1(=O)=O. The number of fused-ring (bicyclic) bond motifs is 1. The molecule has 2 N–H and O–H groups in total. The maximum absolute atomic E-state index is 13.4. The Labute approximate surface area is 186 Å². The van der Waals surface area contributed by atoms with E-state index in [1.54, 1.807) is 19.1 Å². The van der Waals surface area contributed by atoms with E-state index in [1.807, 2.05) is 25.9 Å². The van der Waals surface area contributed by atoms with Crippen LogP contribution in [0, 0.1) is 17.8 Å². The number of likely N-dealkylation sites (N-methyl/N-ethyl adjacent to an activating group) is 1. The largest absolute Gasteiger partial charge is 0.487 e. The maximum atomic E-state index is 13.4. The van der Waals surface area contributed by atoms with Gasteiger partial charge in [0.2, 0.25) is 10.0 Å². The van der Waals surface area contributed by atoms with Crippen molar-refractivity contribution in [2.45, 2.75) is 62.2 Å². The van der Waals surface area contributed by atoms with Crippen LogP contribution in [0.3, 0.4) is 0 Å². The molecule has 8 heteroatoms. The van der Waals surface area contributed by atoms with Crippen molar-refractivity contribution in [2.24, 2.45) is 5.92 Å². The summed E-state index contributed by atoms with van der Waals surface area (Å²) < 4.78 is 34.5. The number of aliphatic hydroxyl groups excluding tert-OH is 1. The van der Waals surface area contributed by atoms with Crippen LogP contribution in [-0.4, -0.2) is 79.4 Å². The number of nitrogens with zero attached hydrogens (tertiary/aromatic N) is 2. The molecule has 7 nitrogen and oxygen atoms in total. The molecule has 1 aromatic rings. The standard InChI is InChI=1S/C23H34N2O5S/c1-17-14-25(18(2)16-26)31(28,29)22-8-7-19(9-12-23(27)10-5-6-11-23)13-20(22)30-21(17)15-24(3)4/h7-8,13,17-18,21,26-27H,5-6,10-11,14-16H2,1-4H3/t17-,18+,21-/m0/s1. The lowest BCUT2D eigenvalue weighted by Crippen LogP contribution is -2.49. The van der Waals surface area contributed by atoms with E-state index in [4.69, 9.17) is 4.74 Å². The van der Waals surface area contributed by atoms with E-state index in [9.17, 15) is 18.6 Å². The summed E-state index contributed by atoms with van der Waals surface area (Å²) >= 11 is 0. The van der Waals surface area contributed by atoms with Crippen molar-refractivity contribution in [3.8, 4) is 17.6 Å². The Kier molecular flexibility index (Phi) is 7.34. The topological polar surface area (TPSA) is 90.3 Å². The Bertz CT molecular complexity index is 944. The van der Waals surface area contributed by atoms with Crippen LogP contribution in [0.25, 0.3) is 0 Å². The summed E-state index contributed by atoms with van der Waals surface area (Å²) in [6.07, 6.45) is 3.00. The maximum Gasteiger partial charge on any atom is 0.247 e. The third kappa shape index (κ3) is 5.41. The van der Waals surface area contributed by atoms with Crippen molar-refractivity contribution in [3.05, 3.63) is 23.8 Å². The lowest BCUT2D eigenvalue weighted by molar-refractivity contribution is 0.0812. The van der Waals surface area contributed by atoms with Crippen LogP contribution in [0.2, 0.25) is 0 Å². The van der Waals surface area contributed by atoms with E-state index < -0.39 is 21.7 Å². The van der Waals surface area contributed by atoms with Gasteiger partial charge in [0, 0.05) is 30.6 Å². The summed E-state index contributed by atoms with van der Waals surface area (Å²) in [6.45, 7) is 4.29. The summed E-state index contributed by atoms with van der Waals surface area (Å²) in [5, 5.41) is 20.2. The molecule has 3 atom stereocenters. The fraction of sp³-hybridized carbons (Fsp3) is 0.652. The zero-order valence-electron chi connectivity index (χ0n) is 18.8. The number of rotatable bonds is 4. The Morgan fingerprint density at radius 1 is 1.32 bits per heavy atom. The van der Waals surface area contributed by atoms with Gasteiger partial charge in [-0.1, -0.05) is 18.8 Å². The van der Waals surface area contributed by atoms with Crippen LogP contribution in [0.4, 0.5) is 0 Å². The third-order valence-electron chi connectivity index (χ3n) is 6.08. The Morgan fingerprint density at radius 3 is 2.61 bits per heavy atom. The number of benzene rings is 1. The van der Waals surface area contributed by atoms with Crippen molar-refractivity contribution in [1.82, 2.24) is 9.21 Å². The van der Waals surface area contributed by atoms with Crippen LogP contribution < -0.4 is 4.74 Å². The van der Waals surface area contributed by atoms with Gasteiger partial charge in [0.05, 0.1) is 6.61 Å². The number of ether oxygens (including phenoxy) is 1. The number of hydrogen-bond donors (Lipinski definition) is 2. The predicted molar refractivity (Wildman–Crippen MR) is 119 cm³/mol. The lowest BCUT2D eigenvalue weighted by atomic mass is 10.0. The van der Waals surface area contributed by atoms with E-state index in [2.05, 4.69) is 11.8 Å². The van der Waals surface area contributed by atoms with Gasteiger partial charge in [-0.2, -0.15) is 4.31 Å². The van der Waals surface area contributed by atoms with Crippen molar-refractivity contribution < 1.29 is 23.4 Å². The minimum absolute atomic E-state index is 0.0774. The summed E-state index contributed by atoms with van der Waals surface area (Å²) in [5.74, 6) is 6.15. The highest BCUT2D eigenvalue weighted by Gasteiger charge is 2.38. The second-order valence-electron chi connectivity index (χ2n) is 9.15. The molecule has 0 saturated heterocycles. The molecule has 0 aromatic heterocycles. The molecule has 0 radical (unpaired) electrons. The summed E-state index contributed by atoms with van der Waals surface area (Å²) in [5.41, 5.74) is -0.361. The minimum atomic E-state index is -3.86. The van der Waals surface area contributed by atoms with E-state index >= 15 is 0 Å². The zero-order chi connectivity index (χ0) is 22.8. The van der Waals surface area contributed by atoms with Gasteiger partial charge in [-0.25, -0.2) is 8.42 Å². The molecule has 1 heterocycles. The normalized spacial score (nSPS) is 26.2. The average molecular weight is 451 g/mol. The molecule has 1 fully saturated rings. The first kappa shape index (κ1) is 24.0. The number of hydrogen-bond acceptors (Lipinski definition) is 6. The second kappa shape index (κ2) is 9.47. The molecule has 1 saturated carbocycles. The Hall–Kier alpha value is -1.63. The summed E-state index contributed by atoms with van der Waals surface area (Å²) in [4.78, 5) is 2.09. The smallest absolute Gasteiger partial charge is 0.247 e. The molecule has 0 unspecified atom stereocenters. The molecule has 0 spiro atoms. The molecule has 1 aliphatic carbocycles. The first-order valence-electron chi connectivity index (χ1n) is 10.9. The highest BCUT2D eigenvalue weighted by Crippen LogP contribution is 2.34. The zero-order valence-corrected chi connectivity index (χ0v) is 19.7. The molecule has 0 bridgehead atoms. The average Bonchev–Trinajstić information content (AvgIpc) is 3.15. The molecular formula is C23H34N2O5S. The van der Waals surface area contributed by atoms with Crippen LogP contribution >= 0.6 is 0 Å². The predicted octanol–water partition coefficient (Wildman–Crippen LogP) is 1.67. The lowest BCUT2D eigenvalue weighted by Gasteiger charge is -2.37. The van der Waals surface area contributed by atoms with E-state index in [0.29, 0.717) is 24.9 Å². The second-order valence-corrected chi connectivity index (χ2v) is 11.0. The Morgan fingerprint density at radius 2 is 2.00 bits per heavy atom. The van der Waals surface area contributed by atoms with Gasteiger partial charge < -0.3 is 19.8 Å². The van der Waals surface area contributed by atoms with Gasteiger partial charge in [-0.3, -0.25) is 0 Å². The van der Waals surface area contributed by atoms with E-state index in [0.717, 1.165) is 12.8 Å². The van der Waals surface area contributed by atoms with Crippen molar-refractivity contribution in [2.75, 3.05) is 33.8 Å². The molecule has 3 rings (SSSR count). The van der Waals surface area contributed by atoms with Gasteiger partial charge in [-0.05, 0) is 64.9 Å². The number of sulfonamides is 1. The third-order valence-corrected chi connectivity index (χ3v) is 8.10. The van der Waals surface area contributed by atoms with Crippen molar-refractivity contribution >= 4 is 10.0 Å². The highest BCUT2D eigenvalue weighted by atomic mass is 32.2. The van der Waals surface area contributed by atoms with Gasteiger partial charge >= 0.3 is 0 Å². The molecule has 2 aliphatic rings. The minimum Gasteiger partial charge on any atom is -0.487 e. The molecule has 31 heavy (non-hydrogen) atoms. The monoisotopic (exact) mass is 450 g/mol. The summed E-state index contributed by atoms with van der Waals surface area (Å²) in [7, 11) is 0.0374. The molecule has 0 amide bonds. The molecular weight excluding hydrogens is 416 g/mol. The van der Waals surface area contributed by atoms with E-state index in [-0.39, 0.29) is 35.8 Å². The molecule has 1 aromatic carbocycles. The van der Waals surface area contributed by atoms with Crippen LogP contribution in [-0.2, 0) is 10.0 Å². The molecule has 172 valence electrons. The first-order chi connectivity index (χ1) is 14.6. The highest BCUT2D eigenvalue weighted by molar-refractivity contribution is 7.89. The Balaban J connectivity index is 2.06. The number of aliphatic hydroxyl groups is 2. The van der Waals surface area contributed by atoms with Crippen molar-refractivity contribution in [1.29, 1.82) is 0 Å². The van der Waals surface area contributed by atoms with Gasteiger partial charge in [0.15, 0.2) is 0 Å². The quantitative estimate of drug-likeness (QED) is 0.679. The fourth-order valence-electron chi connectivity index (χ4n) is 4.15. The molecule has 1 aliphatic heterocycles. The fourth-order valence-corrected chi connectivity index (χ4v) is 5.98. The van der Waals surface area contributed by atoms with Crippen LogP contribution in [0.15, 0.2) is 23.1 Å². The van der Waals surface area contributed by atoms with Crippen LogP contribution in [0.5, 0.6) is 5.75 Å².